The van der Waals surface area contributed by atoms with Gasteiger partial charge in [-0.3, -0.25) is 0 Å². The van der Waals surface area contributed by atoms with Crippen LogP contribution in [0.3, 0.4) is 0 Å². The fraction of sp³-hybridized carbons (Fsp3) is 1.00. The molecule has 0 saturated carbocycles. The number of hydrogen-bond donors (Lipinski definition) is 2. The topological polar surface area (TPSA) is 72.9 Å². The van der Waals surface area contributed by atoms with Gasteiger partial charge in [0.2, 0.25) is 0 Å². The molecule has 2 atom stereocenters. The van der Waals surface area contributed by atoms with E-state index in [1.54, 1.807) is 7.05 Å². The van der Waals surface area contributed by atoms with E-state index in [0.29, 0.717) is 19.6 Å². The molecule has 7 heteroatoms. The van der Waals surface area contributed by atoms with E-state index in [-0.39, 0.29) is 6.04 Å². The molecule has 1 rings (SSSR count). The second-order valence-corrected chi connectivity index (χ2v) is 6.59. The lowest BCUT2D eigenvalue weighted by molar-refractivity contribution is 0.133. The van der Waals surface area contributed by atoms with Crippen molar-refractivity contribution in [1.29, 1.82) is 0 Å². The summed E-state index contributed by atoms with van der Waals surface area (Å²) in [5, 5.41) is 12.7. The monoisotopic (exact) mass is 265 g/mol. The highest BCUT2D eigenvalue weighted by atomic mass is 32.2. The third-order valence-corrected chi connectivity index (χ3v) is 5.17. The van der Waals surface area contributed by atoms with Gasteiger partial charge in [-0.2, -0.15) is 17.0 Å². The fourth-order valence-electron chi connectivity index (χ4n) is 1.91. The van der Waals surface area contributed by atoms with E-state index >= 15 is 0 Å². The Morgan fingerprint density at radius 2 is 2.00 bits per heavy atom. The second-order valence-electron chi connectivity index (χ2n) is 4.49. The summed E-state index contributed by atoms with van der Waals surface area (Å²) < 4.78 is 27.0. The van der Waals surface area contributed by atoms with Crippen molar-refractivity contribution in [1.82, 2.24) is 13.9 Å². The molecule has 2 N–H and O–H groups in total. The lowest BCUT2D eigenvalue weighted by Crippen LogP contribution is -2.49. The van der Waals surface area contributed by atoms with Crippen molar-refractivity contribution >= 4 is 10.2 Å². The summed E-state index contributed by atoms with van der Waals surface area (Å²) in [6.45, 7) is 3.48. The molecule has 1 saturated heterocycles. The number of β-amino-alcohol motifs (C(OH)–C–C–N with tert-alkyl or cyclic N) is 1. The first-order valence-electron chi connectivity index (χ1n) is 5.99. The quantitative estimate of drug-likeness (QED) is 0.661. The highest BCUT2D eigenvalue weighted by Gasteiger charge is 2.36. The smallest absolute Gasteiger partial charge is 0.281 e. The highest BCUT2D eigenvalue weighted by molar-refractivity contribution is 7.86. The minimum Gasteiger partial charge on any atom is -0.390 e. The molecule has 1 aliphatic heterocycles. The Hall–Kier alpha value is -0.210. The third-order valence-electron chi connectivity index (χ3n) is 3.20. The molecule has 102 valence electrons. The minimum absolute atomic E-state index is 0.371. The van der Waals surface area contributed by atoms with E-state index in [1.807, 2.05) is 6.92 Å². The van der Waals surface area contributed by atoms with Crippen molar-refractivity contribution in [3.05, 3.63) is 0 Å². The average molecular weight is 265 g/mol. The van der Waals surface area contributed by atoms with Gasteiger partial charge in [0, 0.05) is 33.7 Å². The predicted molar refractivity (Wildman–Crippen MR) is 66.9 cm³/mol. The van der Waals surface area contributed by atoms with Crippen molar-refractivity contribution in [2.75, 3.05) is 33.7 Å². The lowest BCUT2D eigenvalue weighted by Gasteiger charge is -2.29. The summed E-state index contributed by atoms with van der Waals surface area (Å²) >= 11 is 0. The van der Waals surface area contributed by atoms with E-state index in [0.717, 1.165) is 12.8 Å². The van der Waals surface area contributed by atoms with E-state index in [2.05, 4.69) is 5.32 Å². The van der Waals surface area contributed by atoms with Crippen LogP contribution in [0.4, 0.5) is 0 Å². The highest BCUT2D eigenvalue weighted by Crippen LogP contribution is 2.14. The maximum absolute atomic E-state index is 12.2. The molecule has 6 nitrogen and oxygen atoms in total. The summed E-state index contributed by atoms with van der Waals surface area (Å²) in [4.78, 5) is 0. The summed E-state index contributed by atoms with van der Waals surface area (Å²) in [6, 6.07) is -0.371. The minimum atomic E-state index is -3.46. The maximum Gasteiger partial charge on any atom is 0.281 e. The van der Waals surface area contributed by atoms with Gasteiger partial charge in [-0.1, -0.05) is 13.3 Å². The van der Waals surface area contributed by atoms with Gasteiger partial charge >= 0.3 is 0 Å². The number of likely N-dealkylation sites (N-methyl/N-ethyl adjacent to an activating group) is 1. The Bertz CT molecular complexity index is 334. The van der Waals surface area contributed by atoms with E-state index in [9.17, 15) is 13.5 Å². The molecule has 1 fully saturated rings. The molecule has 0 amide bonds. The Labute approximate surface area is 104 Å². The lowest BCUT2D eigenvalue weighted by atomic mass is 10.2. The Morgan fingerprint density at radius 1 is 1.35 bits per heavy atom. The van der Waals surface area contributed by atoms with Crippen LogP contribution in [-0.4, -0.2) is 68.0 Å². The number of nitrogens with one attached hydrogen (secondary N) is 1. The number of unbranched alkanes of at least 4 members (excludes halogenated alkanes) is 1. The van der Waals surface area contributed by atoms with Crippen LogP contribution >= 0.6 is 0 Å². The first kappa shape index (κ1) is 14.8. The zero-order chi connectivity index (χ0) is 13.1. The first-order chi connectivity index (χ1) is 7.91. The molecule has 0 radical (unpaired) electrons. The summed E-state index contributed by atoms with van der Waals surface area (Å²) in [6.07, 6.45) is 1.17. The third kappa shape index (κ3) is 3.38. The van der Waals surface area contributed by atoms with Crippen molar-refractivity contribution < 1.29 is 13.5 Å². The maximum atomic E-state index is 12.2. The number of aliphatic hydroxyl groups excluding tert-OH is 1. The van der Waals surface area contributed by atoms with Crippen LogP contribution < -0.4 is 5.32 Å². The number of rotatable bonds is 6. The van der Waals surface area contributed by atoms with Gasteiger partial charge in [0.1, 0.15) is 0 Å². The van der Waals surface area contributed by atoms with Gasteiger partial charge in [-0.15, -0.1) is 0 Å². The Balaban J connectivity index is 2.68. The zero-order valence-electron chi connectivity index (χ0n) is 10.8. The van der Waals surface area contributed by atoms with Crippen LogP contribution in [0.15, 0.2) is 0 Å². The molecule has 0 aliphatic carbocycles. The van der Waals surface area contributed by atoms with Crippen LogP contribution in [0.1, 0.15) is 19.8 Å². The van der Waals surface area contributed by atoms with Crippen LogP contribution in [0.2, 0.25) is 0 Å². The molecule has 17 heavy (non-hydrogen) atoms. The predicted octanol–water partition coefficient (Wildman–Crippen LogP) is -0.772. The molecule has 1 heterocycles. The average Bonchev–Trinajstić information content (AvgIpc) is 2.70. The van der Waals surface area contributed by atoms with Crippen LogP contribution in [0, 0.1) is 0 Å². The van der Waals surface area contributed by atoms with Gasteiger partial charge in [-0.05, 0) is 6.42 Å². The van der Waals surface area contributed by atoms with E-state index in [4.69, 9.17) is 0 Å². The summed E-state index contributed by atoms with van der Waals surface area (Å²) in [5.41, 5.74) is 0. The van der Waals surface area contributed by atoms with Gasteiger partial charge < -0.3 is 10.4 Å². The molecule has 0 aromatic heterocycles. The summed E-state index contributed by atoms with van der Waals surface area (Å²) in [5.74, 6) is 0. The van der Waals surface area contributed by atoms with E-state index < -0.39 is 16.3 Å². The van der Waals surface area contributed by atoms with Gasteiger partial charge in [0.15, 0.2) is 0 Å². The largest absolute Gasteiger partial charge is 0.390 e. The van der Waals surface area contributed by atoms with Crippen molar-refractivity contribution in [2.45, 2.75) is 31.9 Å². The molecule has 0 unspecified atom stereocenters. The van der Waals surface area contributed by atoms with Gasteiger partial charge in [0.05, 0.1) is 12.1 Å². The molecule has 0 spiro atoms. The second kappa shape index (κ2) is 6.10. The van der Waals surface area contributed by atoms with Crippen LogP contribution in [0.25, 0.3) is 0 Å². The molecule has 0 aromatic carbocycles. The SMILES string of the molecule is CCCCN(C)S(=O)(=O)N(C)[C@@H]1CNC[C@H]1O. The molecule has 0 aromatic rings. The van der Waals surface area contributed by atoms with Crippen LogP contribution in [0.5, 0.6) is 0 Å². The Kier molecular flexibility index (Phi) is 5.33. The molecular weight excluding hydrogens is 242 g/mol. The summed E-state index contributed by atoms with van der Waals surface area (Å²) in [7, 11) is -0.355. The van der Waals surface area contributed by atoms with E-state index in [1.165, 1.54) is 15.7 Å². The standard InChI is InChI=1S/C10H23N3O3S/c1-4-5-6-12(2)17(15,16)13(3)9-7-11-8-10(9)14/h9-11,14H,4-8H2,1-3H3/t9-,10-/m1/s1. The molecule has 1 aliphatic rings. The fourth-order valence-corrected chi connectivity index (χ4v) is 3.27. The zero-order valence-corrected chi connectivity index (χ0v) is 11.6. The number of aliphatic hydroxyl groups is 1. The van der Waals surface area contributed by atoms with Crippen molar-refractivity contribution in [2.24, 2.45) is 0 Å². The Morgan fingerprint density at radius 3 is 2.47 bits per heavy atom. The van der Waals surface area contributed by atoms with Crippen molar-refractivity contribution in [3.8, 4) is 0 Å². The molecular formula is C10H23N3O3S. The van der Waals surface area contributed by atoms with Crippen molar-refractivity contribution in [3.63, 3.8) is 0 Å². The van der Waals surface area contributed by atoms with Crippen LogP contribution in [-0.2, 0) is 10.2 Å². The van der Waals surface area contributed by atoms with Gasteiger partial charge in [0.25, 0.3) is 10.2 Å². The normalized spacial score (nSPS) is 26.0. The number of nitrogens with zero attached hydrogens (tertiary/aromatic N) is 2. The first-order valence-corrected chi connectivity index (χ1v) is 7.39. The van der Waals surface area contributed by atoms with Gasteiger partial charge in [-0.25, -0.2) is 0 Å². The molecule has 0 bridgehead atoms. The number of hydrogen-bond acceptors (Lipinski definition) is 4.